The van der Waals surface area contributed by atoms with Gasteiger partial charge in [-0.1, -0.05) is 0 Å². The van der Waals surface area contributed by atoms with E-state index < -0.39 is 0 Å². The standard InChI is InChI=1S/C11H11NO4/c1-6-8(4-13)3-9(12-7(2)14)11-10(6)15-5-16-11/h3-4H,5H2,1-2H3,(H,12,14). The van der Waals surface area contributed by atoms with Crippen LogP contribution in [0, 0.1) is 6.92 Å². The molecule has 0 bridgehead atoms. The number of nitrogens with one attached hydrogen (secondary N) is 1. The maximum Gasteiger partial charge on any atom is 0.231 e. The summed E-state index contributed by atoms with van der Waals surface area (Å²) in [5, 5.41) is 2.60. The minimum absolute atomic E-state index is 0.102. The number of benzene rings is 1. The molecule has 1 heterocycles. The third-order valence-electron chi connectivity index (χ3n) is 2.37. The Labute approximate surface area is 92.4 Å². The molecule has 2 rings (SSSR count). The van der Waals surface area contributed by atoms with Gasteiger partial charge in [0.05, 0.1) is 5.69 Å². The normalized spacial score (nSPS) is 12.4. The highest BCUT2D eigenvalue weighted by atomic mass is 16.7. The molecule has 0 radical (unpaired) electrons. The van der Waals surface area contributed by atoms with Gasteiger partial charge in [0.1, 0.15) is 0 Å². The van der Waals surface area contributed by atoms with E-state index in [9.17, 15) is 9.59 Å². The molecule has 0 atom stereocenters. The first kappa shape index (κ1) is 10.5. The lowest BCUT2D eigenvalue weighted by Gasteiger charge is -2.09. The van der Waals surface area contributed by atoms with E-state index >= 15 is 0 Å². The number of ether oxygens (including phenoxy) is 2. The lowest BCUT2D eigenvalue weighted by molar-refractivity contribution is -0.114. The molecular weight excluding hydrogens is 210 g/mol. The van der Waals surface area contributed by atoms with Gasteiger partial charge in [-0.15, -0.1) is 0 Å². The molecule has 1 amide bonds. The van der Waals surface area contributed by atoms with Crippen LogP contribution < -0.4 is 14.8 Å². The van der Waals surface area contributed by atoms with Gasteiger partial charge in [-0.05, 0) is 13.0 Å². The van der Waals surface area contributed by atoms with Gasteiger partial charge in [0.15, 0.2) is 17.8 Å². The molecule has 0 spiro atoms. The predicted molar refractivity (Wildman–Crippen MR) is 57.0 cm³/mol. The third-order valence-corrected chi connectivity index (χ3v) is 2.37. The van der Waals surface area contributed by atoms with Crippen molar-refractivity contribution in [1.29, 1.82) is 0 Å². The molecule has 0 unspecified atom stereocenters. The number of amides is 1. The monoisotopic (exact) mass is 221 g/mol. The molecule has 0 aromatic heterocycles. The first-order valence-electron chi connectivity index (χ1n) is 4.79. The topological polar surface area (TPSA) is 64.6 Å². The second-order valence-corrected chi connectivity index (χ2v) is 3.50. The average molecular weight is 221 g/mol. The Morgan fingerprint density at radius 3 is 2.75 bits per heavy atom. The van der Waals surface area contributed by atoms with Crippen LogP contribution in [0.4, 0.5) is 5.69 Å². The Morgan fingerprint density at radius 1 is 1.44 bits per heavy atom. The van der Waals surface area contributed by atoms with Gasteiger partial charge < -0.3 is 14.8 Å². The van der Waals surface area contributed by atoms with E-state index in [4.69, 9.17) is 9.47 Å². The molecular formula is C11H11NO4. The maximum absolute atomic E-state index is 11.0. The third kappa shape index (κ3) is 1.60. The molecule has 5 nitrogen and oxygen atoms in total. The minimum atomic E-state index is -0.224. The van der Waals surface area contributed by atoms with Crippen LogP contribution in [0.2, 0.25) is 0 Å². The second-order valence-electron chi connectivity index (χ2n) is 3.50. The van der Waals surface area contributed by atoms with Crippen LogP contribution in [0.3, 0.4) is 0 Å². The largest absolute Gasteiger partial charge is 0.453 e. The summed E-state index contributed by atoms with van der Waals surface area (Å²) < 4.78 is 10.5. The van der Waals surface area contributed by atoms with E-state index in [1.165, 1.54) is 6.92 Å². The van der Waals surface area contributed by atoms with E-state index in [-0.39, 0.29) is 12.7 Å². The first-order valence-corrected chi connectivity index (χ1v) is 4.79. The van der Waals surface area contributed by atoms with Crippen molar-refractivity contribution in [3.8, 4) is 11.5 Å². The van der Waals surface area contributed by atoms with Crippen molar-refractivity contribution in [2.24, 2.45) is 0 Å². The summed E-state index contributed by atoms with van der Waals surface area (Å²) in [4.78, 5) is 21.9. The van der Waals surface area contributed by atoms with E-state index in [0.717, 1.165) is 11.8 Å². The summed E-state index contributed by atoms with van der Waals surface area (Å²) in [6.45, 7) is 3.27. The highest BCUT2D eigenvalue weighted by Crippen LogP contribution is 2.43. The number of aldehydes is 1. The Morgan fingerprint density at radius 2 is 2.12 bits per heavy atom. The smallest absolute Gasteiger partial charge is 0.231 e. The summed E-state index contributed by atoms with van der Waals surface area (Å²) in [6, 6.07) is 1.58. The Balaban J connectivity index is 2.56. The van der Waals surface area contributed by atoms with Crippen molar-refractivity contribution in [2.45, 2.75) is 13.8 Å². The molecule has 1 aromatic carbocycles. The van der Waals surface area contributed by atoms with E-state index in [1.807, 2.05) is 0 Å². The maximum atomic E-state index is 11.0. The van der Waals surface area contributed by atoms with Crippen LogP contribution >= 0.6 is 0 Å². The van der Waals surface area contributed by atoms with Gasteiger partial charge >= 0.3 is 0 Å². The number of fused-ring (bicyclic) bond motifs is 1. The average Bonchev–Trinajstić information content (AvgIpc) is 2.70. The van der Waals surface area contributed by atoms with Crippen LogP contribution in [0.1, 0.15) is 22.8 Å². The van der Waals surface area contributed by atoms with Crippen molar-refractivity contribution in [3.05, 3.63) is 17.2 Å². The van der Waals surface area contributed by atoms with E-state index in [1.54, 1.807) is 13.0 Å². The number of rotatable bonds is 2. The van der Waals surface area contributed by atoms with Gasteiger partial charge in [0.2, 0.25) is 12.7 Å². The van der Waals surface area contributed by atoms with Crippen LogP contribution in [0.15, 0.2) is 6.07 Å². The number of anilines is 1. The summed E-state index contributed by atoms with van der Waals surface area (Å²) >= 11 is 0. The Bertz CT molecular complexity index is 468. The molecule has 84 valence electrons. The van der Waals surface area contributed by atoms with E-state index in [2.05, 4.69) is 5.32 Å². The summed E-state index contributed by atoms with van der Waals surface area (Å²) in [5.41, 5.74) is 1.66. The van der Waals surface area contributed by atoms with Crippen molar-refractivity contribution < 1.29 is 19.1 Å². The molecule has 1 aliphatic heterocycles. The lowest BCUT2D eigenvalue weighted by Crippen LogP contribution is -2.07. The highest BCUT2D eigenvalue weighted by Gasteiger charge is 2.23. The zero-order valence-electron chi connectivity index (χ0n) is 8.99. The number of carbonyl (C=O) groups is 2. The first-order chi connectivity index (χ1) is 7.63. The van der Waals surface area contributed by atoms with Gasteiger partial charge in [-0.25, -0.2) is 0 Å². The van der Waals surface area contributed by atoms with Gasteiger partial charge in [-0.2, -0.15) is 0 Å². The van der Waals surface area contributed by atoms with Gasteiger partial charge in [-0.3, -0.25) is 9.59 Å². The SMILES string of the molecule is CC(=O)Nc1cc(C=O)c(C)c2c1OCO2. The van der Waals surface area contributed by atoms with E-state index in [0.29, 0.717) is 22.7 Å². The molecule has 0 fully saturated rings. The fraction of sp³-hybridized carbons (Fsp3) is 0.273. The molecule has 5 heteroatoms. The van der Waals surface area contributed by atoms with Gasteiger partial charge in [0.25, 0.3) is 0 Å². The fourth-order valence-electron chi connectivity index (χ4n) is 1.62. The van der Waals surface area contributed by atoms with Crippen LogP contribution in [0.25, 0.3) is 0 Å². The molecule has 1 aromatic rings. The van der Waals surface area contributed by atoms with Gasteiger partial charge in [0, 0.05) is 18.1 Å². The molecule has 1 aliphatic rings. The Kier molecular flexibility index (Phi) is 2.52. The van der Waals surface area contributed by atoms with Crippen molar-refractivity contribution >= 4 is 17.9 Å². The van der Waals surface area contributed by atoms with Crippen molar-refractivity contribution in [1.82, 2.24) is 0 Å². The van der Waals surface area contributed by atoms with Crippen molar-refractivity contribution in [3.63, 3.8) is 0 Å². The summed E-state index contributed by atoms with van der Waals surface area (Å²) in [7, 11) is 0. The fourth-order valence-corrected chi connectivity index (χ4v) is 1.62. The van der Waals surface area contributed by atoms with Crippen molar-refractivity contribution in [2.75, 3.05) is 12.1 Å². The highest BCUT2D eigenvalue weighted by molar-refractivity contribution is 5.94. The molecule has 1 N–H and O–H groups in total. The zero-order chi connectivity index (χ0) is 11.7. The quantitative estimate of drug-likeness (QED) is 0.768. The summed E-state index contributed by atoms with van der Waals surface area (Å²) in [5.74, 6) is 0.782. The lowest BCUT2D eigenvalue weighted by atomic mass is 10.1. The molecule has 16 heavy (non-hydrogen) atoms. The van der Waals surface area contributed by atoms with Crippen LogP contribution in [0.5, 0.6) is 11.5 Å². The number of hydrogen-bond donors (Lipinski definition) is 1. The number of hydrogen-bond acceptors (Lipinski definition) is 4. The molecule has 0 saturated carbocycles. The summed E-state index contributed by atoms with van der Waals surface area (Å²) in [6.07, 6.45) is 0.725. The minimum Gasteiger partial charge on any atom is -0.453 e. The molecule has 0 aliphatic carbocycles. The number of carbonyl (C=O) groups excluding carboxylic acids is 2. The Hall–Kier alpha value is -2.04. The molecule has 0 saturated heterocycles. The zero-order valence-corrected chi connectivity index (χ0v) is 8.99. The second kappa shape index (κ2) is 3.84. The van der Waals surface area contributed by atoms with Crippen LogP contribution in [-0.4, -0.2) is 19.0 Å². The predicted octanol–water partition coefficient (Wildman–Crippen LogP) is 1.49. The van der Waals surface area contributed by atoms with Crippen LogP contribution in [-0.2, 0) is 4.79 Å².